The van der Waals surface area contributed by atoms with Gasteiger partial charge in [0.2, 0.25) is 5.03 Å². The van der Waals surface area contributed by atoms with Gasteiger partial charge in [0, 0.05) is 6.20 Å². The van der Waals surface area contributed by atoms with Gasteiger partial charge in [-0.3, -0.25) is 0 Å². The smallest absolute Gasteiger partial charge is 0.261 e. The lowest BCUT2D eigenvalue weighted by molar-refractivity contribution is 0.460. The average Bonchev–Trinajstić information content (AvgIpc) is 2.36. The van der Waals surface area contributed by atoms with E-state index in [4.69, 9.17) is 18.0 Å². The summed E-state index contributed by atoms with van der Waals surface area (Å²) in [6.07, 6.45) is 1.94. The van der Waals surface area contributed by atoms with E-state index in [2.05, 4.69) is 9.71 Å². The number of sulfonamides is 1. The van der Waals surface area contributed by atoms with Crippen molar-refractivity contribution in [3.8, 4) is 0 Å². The summed E-state index contributed by atoms with van der Waals surface area (Å²) in [5.74, 6) is -0.918. The fourth-order valence-electron chi connectivity index (χ4n) is 1.67. The van der Waals surface area contributed by atoms with Crippen LogP contribution < -0.4 is 10.5 Å². The molecule has 0 atom stereocenters. The van der Waals surface area contributed by atoms with Crippen molar-refractivity contribution in [2.24, 2.45) is 5.73 Å². The van der Waals surface area contributed by atoms with Gasteiger partial charge < -0.3 is 5.73 Å². The molecule has 0 bridgehead atoms. The number of rotatable bonds is 6. The molecule has 106 valence electrons. The molecular weight excluding hydrogens is 289 g/mol. The van der Waals surface area contributed by atoms with Crippen LogP contribution in [0.15, 0.2) is 23.4 Å². The van der Waals surface area contributed by atoms with Crippen LogP contribution in [0.25, 0.3) is 0 Å². The summed E-state index contributed by atoms with van der Waals surface area (Å²) in [6.45, 7) is 3.50. The molecule has 0 fully saturated rings. The van der Waals surface area contributed by atoms with Crippen molar-refractivity contribution in [1.82, 2.24) is 9.71 Å². The Bertz CT molecular complexity index is 571. The van der Waals surface area contributed by atoms with Crippen molar-refractivity contribution in [2.75, 3.05) is 0 Å². The molecule has 19 heavy (non-hydrogen) atoms. The van der Waals surface area contributed by atoms with Crippen molar-refractivity contribution in [1.29, 1.82) is 0 Å². The minimum atomic E-state index is -4.12. The van der Waals surface area contributed by atoms with Crippen LogP contribution in [0.2, 0.25) is 0 Å². The zero-order valence-electron chi connectivity index (χ0n) is 10.7. The maximum Gasteiger partial charge on any atom is 0.261 e. The number of nitrogens with zero attached hydrogens (tertiary/aromatic N) is 1. The maximum atomic E-state index is 13.5. The minimum absolute atomic E-state index is 0.0254. The van der Waals surface area contributed by atoms with Crippen LogP contribution in [0.4, 0.5) is 4.39 Å². The fourth-order valence-corrected chi connectivity index (χ4v) is 3.61. The number of hydrogen-bond acceptors (Lipinski definition) is 4. The topological polar surface area (TPSA) is 85.1 Å². The predicted octanol–water partition coefficient (Wildman–Crippen LogP) is 1.34. The summed E-state index contributed by atoms with van der Waals surface area (Å²) in [7, 11) is -4.12. The summed E-state index contributed by atoms with van der Waals surface area (Å²) in [6, 6.07) is 2.34. The van der Waals surface area contributed by atoms with Crippen molar-refractivity contribution in [3.63, 3.8) is 0 Å². The Morgan fingerprint density at radius 2 is 2.11 bits per heavy atom. The monoisotopic (exact) mass is 305 g/mol. The van der Waals surface area contributed by atoms with Crippen LogP contribution in [0, 0.1) is 5.82 Å². The van der Waals surface area contributed by atoms with Crippen LogP contribution in [-0.2, 0) is 10.0 Å². The van der Waals surface area contributed by atoms with Gasteiger partial charge in [-0.1, -0.05) is 26.1 Å². The highest BCUT2D eigenvalue weighted by Crippen LogP contribution is 2.20. The van der Waals surface area contributed by atoms with E-state index in [0.29, 0.717) is 12.8 Å². The Labute approximate surface area is 117 Å². The lowest BCUT2D eigenvalue weighted by Gasteiger charge is -2.31. The number of pyridine rings is 1. The quantitative estimate of drug-likeness (QED) is 0.775. The first-order valence-corrected chi connectivity index (χ1v) is 7.62. The van der Waals surface area contributed by atoms with Gasteiger partial charge in [0.25, 0.3) is 10.0 Å². The highest BCUT2D eigenvalue weighted by Gasteiger charge is 2.36. The molecular formula is C11H16FN3O2S2. The van der Waals surface area contributed by atoms with Gasteiger partial charge in [-0.15, -0.1) is 0 Å². The summed E-state index contributed by atoms with van der Waals surface area (Å²) in [5, 5.41) is -0.655. The Morgan fingerprint density at radius 3 is 2.53 bits per heavy atom. The summed E-state index contributed by atoms with van der Waals surface area (Å²) in [4.78, 5) is 3.58. The number of halogens is 1. The second-order valence-corrected chi connectivity index (χ2v) is 6.09. The van der Waals surface area contributed by atoms with Crippen molar-refractivity contribution in [3.05, 3.63) is 24.1 Å². The Morgan fingerprint density at radius 1 is 1.53 bits per heavy atom. The van der Waals surface area contributed by atoms with Gasteiger partial charge in [-0.25, -0.2) is 17.8 Å². The standard InChI is InChI=1S/C11H16FN3O2S2/c1-3-11(4-2,10(13)18)15-19(16,17)9-8(12)6-5-7-14-9/h5-7,15H,3-4H2,1-2H3,(H2,13,18). The first-order chi connectivity index (χ1) is 8.79. The van der Waals surface area contributed by atoms with Gasteiger partial charge in [0.1, 0.15) is 0 Å². The first kappa shape index (κ1) is 15.9. The molecule has 1 heterocycles. The normalized spacial score (nSPS) is 12.4. The Kier molecular flexibility index (Phi) is 4.94. The van der Waals surface area contributed by atoms with Gasteiger partial charge in [-0.2, -0.15) is 4.72 Å². The molecule has 8 heteroatoms. The molecule has 0 saturated carbocycles. The highest BCUT2D eigenvalue weighted by molar-refractivity contribution is 7.89. The molecule has 5 nitrogen and oxygen atoms in total. The molecule has 0 unspecified atom stereocenters. The summed E-state index contributed by atoms with van der Waals surface area (Å²) < 4.78 is 40.2. The molecule has 1 aromatic rings. The SMILES string of the molecule is CCC(CC)(NS(=O)(=O)c1ncccc1F)C(N)=S. The molecule has 0 aliphatic rings. The second-order valence-electron chi connectivity index (χ2n) is 4.05. The maximum absolute atomic E-state index is 13.5. The molecule has 0 radical (unpaired) electrons. The molecule has 1 aromatic heterocycles. The Balaban J connectivity index is 3.23. The highest BCUT2D eigenvalue weighted by atomic mass is 32.2. The molecule has 0 aliphatic carbocycles. The van der Waals surface area contributed by atoms with Crippen molar-refractivity contribution in [2.45, 2.75) is 37.3 Å². The van der Waals surface area contributed by atoms with Gasteiger partial charge in [0.15, 0.2) is 5.82 Å². The van der Waals surface area contributed by atoms with E-state index in [1.807, 2.05) is 0 Å². The molecule has 0 spiro atoms. The largest absolute Gasteiger partial charge is 0.392 e. The van der Waals surface area contributed by atoms with E-state index in [9.17, 15) is 12.8 Å². The van der Waals surface area contributed by atoms with E-state index < -0.39 is 26.4 Å². The van der Waals surface area contributed by atoms with E-state index >= 15 is 0 Å². The van der Waals surface area contributed by atoms with Gasteiger partial charge in [-0.05, 0) is 25.0 Å². The lowest BCUT2D eigenvalue weighted by Crippen LogP contribution is -2.56. The third kappa shape index (κ3) is 3.26. The number of thiocarbonyl (C=S) groups is 1. The second kappa shape index (κ2) is 5.89. The first-order valence-electron chi connectivity index (χ1n) is 5.73. The number of hydrogen-bond donors (Lipinski definition) is 2. The van der Waals surface area contributed by atoms with Gasteiger partial charge in [0.05, 0.1) is 10.5 Å². The van der Waals surface area contributed by atoms with Crippen molar-refractivity contribution < 1.29 is 12.8 Å². The van der Waals surface area contributed by atoms with Crippen LogP contribution in [-0.4, -0.2) is 23.9 Å². The van der Waals surface area contributed by atoms with E-state index in [1.165, 1.54) is 12.3 Å². The molecule has 0 saturated heterocycles. The van der Waals surface area contributed by atoms with E-state index in [1.54, 1.807) is 13.8 Å². The molecule has 3 N–H and O–H groups in total. The predicted molar refractivity (Wildman–Crippen MR) is 74.6 cm³/mol. The number of nitrogens with one attached hydrogen (secondary N) is 1. The van der Waals surface area contributed by atoms with Crippen LogP contribution in [0.1, 0.15) is 26.7 Å². The molecule has 0 amide bonds. The fraction of sp³-hybridized carbons (Fsp3) is 0.455. The minimum Gasteiger partial charge on any atom is -0.392 e. The zero-order valence-corrected chi connectivity index (χ0v) is 12.3. The molecule has 1 rings (SSSR count). The van der Waals surface area contributed by atoms with E-state index in [0.717, 1.165) is 6.07 Å². The van der Waals surface area contributed by atoms with Crippen LogP contribution >= 0.6 is 12.2 Å². The van der Waals surface area contributed by atoms with E-state index in [-0.39, 0.29) is 4.99 Å². The average molecular weight is 305 g/mol. The van der Waals surface area contributed by atoms with Crippen LogP contribution in [0.3, 0.4) is 0 Å². The van der Waals surface area contributed by atoms with Gasteiger partial charge >= 0.3 is 0 Å². The zero-order chi connectivity index (χ0) is 14.7. The number of nitrogens with two attached hydrogens (primary N) is 1. The van der Waals surface area contributed by atoms with Crippen molar-refractivity contribution >= 4 is 27.2 Å². The Hall–Kier alpha value is -1.12. The van der Waals surface area contributed by atoms with Crippen LogP contribution in [0.5, 0.6) is 0 Å². The third-order valence-corrected chi connectivity index (χ3v) is 4.85. The lowest BCUT2D eigenvalue weighted by atomic mass is 9.94. The number of aromatic nitrogens is 1. The summed E-state index contributed by atoms with van der Waals surface area (Å²) >= 11 is 4.91. The third-order valence-electron chi connectivity index (χ3n) is 2.99. The molecule has 0 aromatic carbocycles. The molecule has 0 aliphatic heterocycles. The summed E-state index contributed by atoms with van der Waals surface area (Å²) in [5.41, 5.74) is 4.54.